The number of phenolic OH excluding ortho intramolecular Hbond substituents is 1. The van der Waals surface area contributed by atoms with E-state index < -0.39 is 24.0 Å². The molecule has 48 heavy (non-hydrogen) atoms. The van der Waals surface area contributed by atoms with E-state index in [9.17, 15) is 19.5 Å². The first-order valence-corrected chi connectivity index (χ1v) is 15.4. The molecule has 2 atom stereocenters. The number of nitrogens with two attached hydrogens (primary N) is 1. The summed E-state index contributed by atoms with van der Waals surface area (Å²) >= 11 is 0. The van der Waals surface area contributed by atoms with Crippen molar-refractivity contribution in [3.05, 3.63) is 66.0 Å². The van der Waals surface area contributed by atoms with Gasteiger partial charge in [-0.15, -0.1) is 10.2 Å². The molecule has 1 amide bonds. The minimum absolute atomic E-state index is 0. The van der Waals surface area contributed by atoms with Gasteiger partial charge in [-0.2, -0.15) is 0 Å². The molecule has 0 saturated carbocycles. The van der Waals surface area contributed by atoms with Crippen LogP contribution in [0.4, 0.5) is 0 Å². The molecule has 1 saturated heterocycles. The summed E-state index contributed by atoms with van der Waals surface area (Å²) < 4.78 is 13.0. The van der Waals surface area contributed by atoms with Gasteiger partial charge >= 0.3 is 11.9 Å². The fraction of sp³-hybridized carbons (Fsp3) is 0.406. The molecule has 0 bridgehead atoms. The molecule has 4 N–H and O–H groups in total. The third-order valence-corrected chi connectivity index (χ3v) is 8.08. The normalized spacial score (nSPS) is 14.1. The molecule has 3 heterocycles. The molecular weight excluding hydrogens is 642 g/mol. The number of halogens is 1. The van der Waals surface area contributed by atoms with Crippen LogP contribution in [-0.4, -0.2) is 105 Å². The van der Waals surface area contributed by atoms with Gasteiger partial charge in [0.25, 0.3) is 5.91 Å². The molecule has 2 unspecified atom stereocenters. The molecule has 2 aromatic heterocycles. The van der Waals surface area contributed by atoms with E-state index in [0.717, 1.165) is 12.0 Å². The third kappa shape index (κ3) is 8.53. The van der Waals surface area contributed by atoms with E-state index in [1.165, 1.54) is 23.6 Å². The lowest BCUT2D eigenvalue weighted by Crippen LogP contribution is -3.00. The monoisotopic (exact) mass is 680 g/mol. The molecule has 15 nitrogen and oxygen atoms in total. The number of nitrogens with one attached hydrogen (secondary N) is 1. The summed E-state index contributed by atoms with van der Waals surface area (Å²) in [5, 5.41) is 30.1. The quantitative estimate of drug-likeness (QED) is 0.113. The minimum Gasteiger partial charge on any atom is -1.00 e. The van der Waals surface area contributed by atoms with Crippen LogP contribution in [0.15, 0.2) is 54.9 Å². The van der Waals surface area contributed by atoms with Crippen LogP contribution in [0.25, 0.3) is 22.5 Å². The maximum absolute atomic E-state index is 13.7. The van der Waals surface area contributed by atoms with E-state index in [1.54, 1.807) is 53.7 Å². The number of hydrogen-bond donors (Lipinski definition) is 3. The van der Waals surface area contributed by atoms with E-state index >= 15 is 0 Å². The number of aromatic nitrogens is 6. The SMILES string of the molecule is COC(=O)C(CCCCN)n1cc(-c2cc(C(=O)N3CCNCC3)cc(-c3cn(C(Cc4ccc(O)cc4)C(=O)OC)nn3)c2)nn1.[Cl-]. The maximum atomic E-state index is 13.7. The highest BCUT2D eigenvalue weighted by atomic mass is 35.5. The Morgan fingerprint density at radius 3 is 2.00 bits per heavy atom. The number of hydrogen-bond acceptors (Lipinski definition) is 12. The van der Waals surface area contributed by atoms with Crippen LogP contribution >= 0.6 is 0 Å². The Morgan fingerprint density at radius 1 is 0.875 bits per heavy atom. The van der Waals surface area contributed by atoms with Crippen molar-refractivity contribution in [2.75, 3.05) is 46.9 Å². The second kappa shape index (κ2) is 16.8. The maximum Gasteiger partial charge on any atom is 0.331 e. The van der Waals surface area contributed by atoms with Gasteiger partial charge in [0.15, 0.2) is 12.1 Å². The molecule has 5 rings (SSSR count). The van der Waals surface area contributed by atoms with Gasteiger partial charge in [0, 0.05) is 49.3 Å². The second-order valence-corrected chi connectivity index (χ2v) is 11.2. The largest absolute Gasteiger partial charge is 1.00 e. The lowest BCUT2D eigenvalue weighted by atomic mass is 10.0. The number of esters is 2. The Kier molecular flexibility index (Phi) is 12.6. The van der Waals surface area contributed by atoms with Crippen LogP contribution in [0.2, 0.25) is 0 Å². The van der Waals surface area contributed by atoms with Crippen molar-refractivity contribution in [1.82, 2.24) is 40.2 Å². The summed E-state index contributed by atoms with van der Waals surface area (Å²) in [6, 6.07) is 10.3. The molecule has 256 valence electrons. The molecule has 0 spiro atoms. The third-order valence-electron chi connectivity index (χ3n) is 8.08. The number of rotatable bonds is 13. The summed E-state index contributed by atoms with van der Waals surface area (Å²) in [6.07, 6.45) is 5.47. The predicted molar refractivity (Wildman–Crippen MR) is 170 cm³/mol. The molecule has 0 radical (unpaired) electrons. The zero-order valence-corrected chi connectivity index (χ0v) is 27.5. The van der Waals surface area contributed by atoms with Crippen molar-refractivity contribution in [3.8, 4) is 28.3 Å². The molecule has 16 heteroatoms. The van der Waals surface area contributed by atoms with Gasteiger partial charge in [0.1, 0.15) is 17.1 Å². The van der Waals surface area contributed by atoms with Crippen molar-refractivity contribution in [1.29, 1.82) is 0 Å². The molecule has 1 aliphatic heterocycles. The van der Waals surface area contributed by atoms with E-state index in [1.807, 2.05) is 6.07 Å². The van der Waals surface area contributed by atoms with Crippen molar-refractivity contribution >= 4 is 17.8 Å². The van der Waals surface area contributed by atoms with Crippen molar-refractivity contribution in [2.45, 2.75) is 37.8 Å². The number of nitrogens with zero attached hydrogens (tertiary/aromatic N) is 7. The van der Waals surface area contributed by atoms with E-state index in [0.29, 0.717) is 73.6 Å². The number of carbonyl (C=O) groups excluding carboxylic acids is 3. The van der Waals surface area contributed by atoms with Gasteiger partial charge in [-0.1, -0.05) is 22.6 Å². The predicted octanol–water partition coefficient (Wildman–Crippen LogP) is -1.24. The van der Waals surface area contributed by atoms with Crippen LogP contribution in [0.3, 0.4) is 0 Å². The second-order valence-electron chi connectivity index (χ2n) is 11.2. The van der Waals surface area contributed by atoms with E-state index in [2.05, 4.69) is 25.9 Å². The minimum atomic E-state index is -0.828. The van der Waals surface area contributed by atoms with Gasteiger partial charge in [0.2, 0.25) is 0 Å². The summed E-state index contributed by atoms with van der Waals surface area (Å²) in [5.74, 6) is -0.986. The van der Waals surface area contributed by atoms with Gasteiger partial charge in [0.05, 0.1) is 26.6 Å². The number of amides is 1. The Morgan fingerprint density at radius 2 is 1.44 bits per heavy atom. The highest BCUT2D eigenvalue weighted by molar-refractivity contribution is 5.97. The zero-order valence-electron chi connectivity index (χ0n) is 26.8. The first kappa shape index (κ1) is 36.0. The summed E-state index contributed by atoms with van der Waals surface area (Å²) in [4.78, 5) is 40.9. The van der Waals surface area contributed by atoms with Gasteiger partial charge in [-0.3, -0.25) is 4.79 Å². The smallest absolute Gasteiger partial charge is 0.331 e. The molecule has 1 fully saturated rings. The summed E-state index contributed by atoms with van der Waals surface area (Å²) in [5.41, 5.74) is 8.88. The Bertz CT molecular complexity index is 1690. The number of carbonyl (C=O) groups is 3. The lowest BCUT2D eigenvalue weighted by Gasteiger charge is -2.27. The van der Waals surface area contributed by atoms with Crippen molar-refractivity contribution in [3.63, 3.8) is 0 Å². The van der Waals surface area contributed by atoms with E-state index in [-0.39, 0.29) is 30.5 Å². The number of aromatic hydroxyl groups is 1. The molecule has 2 aromatic carbocycles. The first-order chi connectivity index (χ1) is 22.8. The molecular formula is C32H39ClN9O6-. The number of benzene rings is 2. The van der Waals surface area contributed by atoms with Gasteiger partial charge in [-0.05, 0) is 61.7 Å². The lowest BCUT2D eigenvalue weighted by molar-refractivity contribution is -0.146. The first-order valence-electron chi connectivity index (χ1n) is 15.4. The van der Waals surface area contributed by atoms with Crippen molar-refractivity contribution in [2.24, 2.45) is 5.73 Å². The molecule has 1 aliphatic rings. The van der Waals surface area contributed by atoms with E-state index in [4.69, 9.17) is 15.2 Å². The highest BCUT2D eigenvalue weighted by Crippen LogP contribution is 2.29. The Hall–Kier alpha value is -4.86. The number of piperazine rings is 1. The Labute approximate surface area is 283 Å². The zero-order chi connectivity index (χ0) is 33.3. The van der Waals surface area contributed by atoms with Crippen molar-refractivity contribution < 1.29 is 41.4 Å². The fourth-order valence-electron chi connectivity index (χ4n) is 5.47. The van der Waals surface area contributed by atoms with Gasteiger partial charge < -0.3 is 42.9 Å². The van der Waals surface area contributed by atoms with Gasteiger partial charge in [-0.25, -0.2) is 19.0 Å². The average Bonchev–Trinajstić information content (AvgIpc) is 3.80. The van der Waals surface area contributed by atoms with Crippen LogP contribution in [-0.2, 0) is 25.5 Å². The van der Waals surface area contributed by atoms with Crippen LogP contribution in [0, 0.1) is 0 Å². The Balaban J connectivity index is 0.00000520. The molecule has 0 aliphatic carbocycles. The highest BCUT2D eigenvalue weighted by Gasteiger charge is 2.26. The van der Waals surface area contributed by atoms with Crippen LogP contribution < -0.4 is 23.5 Å². The average molecular weight is 681 g/mol. The summed E-state index contributed by atoms with van der Waals surface area (Å²) in [6.45, 7) is 3.01. The number of ether oxygens (including phenoxy) is 2. The number of unbranched alkanes of at least 4 members (excludes halogenated alkanes) is 1. The van der Waals surface area contributed by atoms with Crippen LogP contribution in [0.5, 0.6) is 5.75 Å². The topological polar surface area (TPSA) is 193 Å². The summed E-state index contributed by atoms with van der Waals surface area (Å²) in [7, 11) is 2.63. The standard InChI is InChI=1S/C32H39N9O6.ClH/c1-46-31(44)28(5-3-4-10-33)40-19-26(35-37-40)22-16-23(18-24(17-22)30(43)39-13-11-34-12-14-39)27-20-41(38-36-27)29(32(45)47-2)15-21-6-8-25(42)9-7-21;/h6-9,16-20,28-29,34,42H,3-5,10-15,33H2,1-2H3;1H/p-1. The fourth-order valence-corrected chi connectivity index (χ4v) is 5.47. The number of methoxy groups -OCH3 is 2. The number of phenols is 1. The van der Waals surface area contributed by atoms with Crippen LogP contribution in [0.1, 0.15) is 47.3 Å². The molecule has 4 aromatic rings.